The van der Waals surface area contributed by atoms with Crippen molar-refractivity contribution in [3.63, 3.8) is 0 Å². The zero-order chi connectivity index (χ0) is 37.0. The number of aliphatic hydroxyl groups is 2. The minimum atomic E-state index is -4.59. The van der Waals surface area contributed by atoms with Gasteiger partial charge in [0.25, 0.3) is 0 Å². The van der Waals surface area contributed by atoms with Gasteiger partial charge >= 0.3 is 6.18 Å². The first-order valence-electron chi connectivity index (χ1n) is 18.5. The second kappa shape index (κ2) is 14.1. The number of hydrogen-bond acceptors (Lipinski definition) is 7. The molecule has 4 aliphatic rings. The molecule has 282 valence electrons. The number of fused-ring (bicyclic) bond motifs is 1. The van der Waals surface area contributed by atoms with Gasteiger partial charge < -0.3 is 20.0 Å². The number of pyridine rings is 1. The monoisotopic (exact) mass is 731 g/mol. The van der Waals surface area contributed by atoms with Crippen LogP contribution in [-0.2, 0) is 12.6 Å². The molecule has 0 spiro atoms. The molecule has 13 heteroatoms. The molecule has 2 aromatic heterocycles. The van der Waals surface area contributed by atoms with Gasteiger partial charge in [0.1, 0.15) is 0 Å². The van der Waals surface area contributed by atoms with Crippen LogP contribution in [0, 0.1) is 5.41 Å². The largest absolute Gasteiger partial charge is 0.416 e. The van der Waals surface area contributed by atoms with E-state index >= 15 is 4.39 Å². The molecule has 2 saturated heterocycles. The van der Waals surface area contributed by atoms with Gasteiger partial charge in [-0.25, -0.2) is 23.1 Å². The maximum Gasteiger partial charge on any atom is 0.416 e. The molecule has 1 saturated carbocycles. The number of halogens is 6. The molecular weight excluding hydrogens is 684 g/mol. The summed E-state index contributed by atoms with van der Waals surface area (Å²) < 4.78 is 86.7. The van der Waals surface area contributed by atoms with Crippen LogP contribution in [0.15, 0.2) is 36.7 Å². The van der Waals surface area contributed by atoms with E-state index in [9.17, 15) is 32.2 Å². The highest BCUT2D eigenvalue weighted by Crippen LogP contribution is 2.52. The number of piperidine rings is 2. The summed E-state index contributed by atoms with van der Waals surface area (Å²) >= 11 is 0. The van der Waals surface area contributed by atoms with E-state index in [-0.39, 0.29) is 54.2 Å². The third-order valence-corrected chi connectivity index (χ3v) is 11.7. The SMILES string of the molecule is CC1(C)Cc2nc(C3CCN(c4ncc(N5CCC(O)CC5)cn4)CC3)c([C@@H](F)c3ccc(C(F)(F)F)cc3)c(C3CCC(F)(F)CC3)c2[C@@H](O)C1. The lowest BCUT2D eigenvalue weighted by atomic mass is 9.68. The smallest absolute Gasteiger partial charge is 0.393 e. The molecule has 2 N–H and O–H groups in total. The molecule has 2 aliphatic heterocycles. The molecule has 2 atom stereocenters. The van der Waals surface area contributed by atoms with Gasteiger partial charge in [0.2, 0.25) is 11.9 Å². The van der Waals surface area contributed by atoms with E-state index in [4.69, 9.17) is 4.98 Å². The standard InChI is InChI=1S/C39H47F6N5O2/c1-37(2)19-29-32(30(52)20-37)31(23-7-13-38(41,42)14-8-23)33(34(40)24-3-5-26(6-4-24)39(43,44)45)35(48-29)25-9-15-50(16-10-25)36-46-21-27(22-47-36)49-17-11-28(51)12-18-49/h3-6,21-23,25,28,30,34,51-52H,7-20H2,1-2H3/t30-,34-/m0/s1. The molecule has 0 bridgehead atoms. The zero-order valence-corrected chi connectivity index (χ0v) is 29.6. The number of benzene rings is 1. The first-order valence-corrected chi connectivity index (χ1v) is 18.5. The molecule has 2 aliphatic carbocycles. The number of alkyl halides is 6. The molecule has 4 heterocycles. The van der Waals surface area contributed by atoms with Crippen molar-refractivity contribution in [1.82, 2.24) is 15.0 Å². The fraction of sp³-hybridized carbons (Fsp3) is 0.615. The number of aromatic nitrogens is 3. The summed E-state index contributed by atoms with van der Waals surface area (Å²) in [6.07, 6.45) is -1.21. The summed E-state index contributed by atoms with van der Waals surface area (Å²) in [7, 11) is 0. The summed E-state index contributed by atoms with van der Waals surface area (Å²) in [5.41, 5.74) is 2.14. The Morgan fingerprint density at radius 1 is 0.808 bits per heavy atom. The second-order valence-electron chi connectivity index (χ2n) is 16.1. The van der Waals surface area contributed by atoms with Crippen molar-refractivity contribution in [2.24, 2.45) is 5.41 Å². The van der Waals surface area contributed by atoms with E-state index in [2.05, 4.69) is 19.8 Å². The second-order valence-corrected chi connectivity index (χ2v) is 16.1. The van der Waals surface area contributed by atoms with Crippen molar-refractivity contribution in [1.29, 1.82) is 0 Å². The molecule has 0 radical (unpaired) electrons. The highest BCUT2D eigenvalue weighted by Gasteiger charge is 2.44. The number of hydrogen-bond donors (Lipinski definition) is 2. The van der Waals surface area contributed by atoms with Gasteiger partial charge in [-0.15, -0.1) is 0 Å². The highest BCUT2D eigenvalue weighted by atomic mass is 19.4. The van der Waals surface area contributed by atoms with Crippen molar-refractivity contribution in [2.75, 3.05) is 36.0 Å². The summed E-state index contributed by atoms with van der Waals surface area (Å²) in [5.74, 6) is -2.95. The number of nitrogens with zero attached hydrogens (tertiary/aromatic N) is 5. The minimum absolute atomic E-state index is 0.0261. The third-order valence-electron chi connectivity index (χ3n) is 11.7. The lowest BCUT2D eigenvalue weighted by Crippen LogP contribution is -2.37. The fourth-order valence-corrected chi connectivity index (χ4v) is 8.83. The molecule has 3 fully saturated rings. The lowest BCUT2D eigenvalue weighted by Gasteiger charge is -2.41. The Labute approximate surface area is 300 Å². The molecule has 7 rings (SSSR count). The maximum atomic E-state index is 17.3. The molecule has 0 unspecified atom stereocenters. The van der Waals surface area contributed by atoms with Gasteiger partial charge in [-0.05, 0) is 86.0 Å². The first kappa shape index (κ1) is 36.9. The van der Waals surface area contributed by atoms with Crippen LogP contribution in [-0.4, -0.2) is 63.4 Å². The summed E-state index contributed by atoms with van der Waals surface area (Å²) in [5, 5.41) is 21.5. The van der Waals surface area contributed by atoms with E-state index in [1.54, 1.807) is 12.4 Å². The van der Waals surface area contributed by atoms with Crippen LogP contribution >= 0.6 is 0 Å². The van der Waals surface area contributed by atoms with Crippen molar-refractivity contribution in [2.45, 2.75) is 120 Å². The molecular formula is C39H47F6N5O2. The van der Waals surface area contributed by atoms with Crippen LogP contribution in [0.3, 0.4) is 0 Å². The Hall–Kier alpha value is -3.45. The van der Waals surface area contributed by atoms with Gasteiger partial charge in [-0.1, -0.05) is 26.0 Å². The van der Waals surface area contributed by atoms with Crippen molar-refractivity contribution < 1.29 is 36.6 Å². The van der Waals surface area contributed by atoms with E-state index in [0.717, 1.165) is 43.0 Å². The summed E-state index contributed by atoms with van der Waals surface area (Å²) in [6, 6.07) is 4.02. The predicted octanol–water partition coefficient (Wildman–Crippen LogP) is 8.59. The third kappa shape index (κ3) is 7.62. The summed E-state index contributed by atoms with van der Waals surface area (Å²) in [4.78, 5) is 18.6. The Kier molecular flexibility index (Phi) is 9.99. The van der Waals surface area contributed by atoms with Crippen molar-refractivity contribution >= 4 is 11.6 Å². The van der Waals surface area contributed by atoms with Gasteiger partial charge in [0.05, 0.1) is 41.5 Å². The molecule has 52 heavy (non-hydrogen) atoms. The van der Waals surface area contributed by atoms with Gasteiger partial charge in [0.15, 0.2) is 6.17 Å². The molecule has 0 amide bonds. The number of aliphatic hydroxyl groups excluding tert-OH is 2. The highest BCUT2D eigenvalue weighted by molar-refractivity contribution is 5.52. The fourth-order valence-electron chi connectivity index (χ4n) is 8.83. The molecule has 3 aromatic rings. The van der Waals surface area contributed by atoms with Crippen molar-refractivity contribution in [3.8, 4) is 0 Å². The van der Waals surface area contributed by atoms with Crippen LogP contribution in [0.1, 0.15) is 135 Å². The van der Waals surface area contributed by atoms with Crippen LogP contribution in [0.4, 0.5) is 38.0 Å². The molecule has 7 nitrogen and oxygen atoms in total. The van der Waals surface area contributed by atoms with E-state index in [1.165, 1.54) is 0 Å². The van der Waals surface area contributed by atoms with Crippen LogP contribution < -0.4 is 9.80 Å². The van der Waals surface area contributed by atoms with E-state index < -0.39 is 35.9 Å². The zero-order valence-electron chi connectivity index (χ0n) is 29.6. The van der Waals surface area contributed by atoms with E-state index in [1.807, 2.05) is 13.8 Å². The summed E-state index contributed by atoms with van der Waals surface area (Å²) in [6.45, 7) is 6.63. The quantitative estimate of drug-likeness (QED) is 0.246. The Morgan fingerprint density at radius 2 is 1.40 bits per heavy atom. The Morgan fingerprint density at radius 3 is 2.00 bits per heavy atom. The van der Waals surface area contributed by atoms with E-state index in [0.29, 0.717) is 80.1 Å². The number of rotatable bonds is 6. The van der Waals surface area contributed by atoms with Gasteiger partial charge in [-0.3, -0.25) is 4.98 Å². The molecule has 1 aromatic carbocycles. The minimum Gasteiger partial charge on any atom is -0.393 e. The van der Waals surface area contributed by atoms with Crippen LogP contribution in [0.2, 0.25) is 0 Å². The predicted molar refractivity (Wildman–Crippen MR) is 186 cm³/mol. The topological polar surface area (TPSA) is 85.6 Å². The van der Waals surface area contributed by atoms with Crippen LogP contribution in [0.5, 0.6) is 0 Å². The Balaban J connectivity index is 1.25. The maximum absolute atomic E-state index is 17.3. The first-order chi connectivity index (χ1) is 24.6. The van der Waals surface area contributed by atoms with Gasteiger partial charge in [0, 0.05) is 61.8 Å². The average Bonchev–Trinajstić information content (AvgIpc) is 3.10. The van der Waals surface area contributed by atoms with Crippen molar-refractivity contribution in [3.05, 3.63) is 75.9 Å². The van der Waals surface area contributed by atoms with Crippen LogP contribution in [0.25, 0.3) is 0 Å². The lowest BCUT2D eigenvalue weighted by molar-refractivity contribution is -0.137. The normalized spacial score (nSPS) is 23.8. The average molecular weight is 732 g/mol. The Bertz CT molecular complexity index is 1710. The van der Waals surface area contributed by atoms with Gasteiger partial charge in [-0.2, -0.15) is 13.2 Å². The number of anilines is 2.